The topological polar surface area (TPSA) is 137 Å². The van der Waals surface area contributed by atoms with Gasteiger partial charge in [0.25, 0.3) is 11.8 Å². The first-order valence-electron chi connectivity index (χ1n) is 7.70. The van der Waals surface area contributed by atoms with E-state index >= 15 is 0 Å². The Bertz CT molecular complexity index is 959. The Morgan fingerprint density at radius 2 is 1.89 bits per heavy atom. The number of primary sulfonamides is 1. The highest BCUT2D eigenvalue weighted by Crippen LogP contribution is 2.24. The number of carbonyl (C=O) groups is 2. The molecule has 0 fully saturated rings. The van der Waals surface area contributed by atoms with Gasteiger partial charge < -0.3 is 20.1 Å². The molecule has 0 saturated carbocycles. The molecule has 0 aliphatic rings. The summed E-state index contributed by atoms with van der Waals surface area (Å²) in [6.07, 6.45) is 0. The number of methoxy groups -OCH3 is 1. The number of hydrogen-bond acceptors (Lipinski definition) is 6. The lowest BCUT2D eigenvalue weighted by Crippen LogP contribution is -2.24. The zero-order valence-electron chi connectivity index (χ0n) is 14.7. The molecule has 0 spiro atoms. The molecule has 0 radical (unpaired) electrons. The van der Waals surface area contributed by atoms with Crippen LogP contribution < -0.4 is 25.2 Å². The number of nitrogens with two attached hydrogens (primary N) is 1. The van der Waals surface area contributed by atoms with Crippen LogP contribution in [-0.2, 0) is 14.8 Å². The van der Waals surface area contributed by atoms with E-state index in [2.05, 4.69) is 10.6 Å². The zero-order chi connectivity index (χ0) is 20.0. The van der Waals surface area contributed by atoms with Gasteiger partial charge in [-0.25, -0.2) is 13.6 Å². The van der Waals surface area contributed by atoms with E-state index in [0.717, 1.165) is 6.07 Å². The van der Waals surface area contributed by atoms with Gasteiger partial charge >= 0.3 is 0 Å². The molecule has 27 heavy (non-hydrogen) atoms. The van der Waals surface area contributed by atoms with Crippen LogP contribution in [0, 0.1) is 0 Å². The van der Waals surface area contributed by atoms with Gasteiger partial charge in [-0.3, -0.25) is 9.59 Å². The minimum Gasteiger partial charge on any atom is -0.496 e. The highest BCUT2D eigenvalue weighted by Gasteiger charge is 2.17. The molecule has 2 rings (SSSR count). The summed E-state index contributed by atoms with van der Waals surface area (Å²) in [5, 5.41) is 10.2. The fourth-order valence-electron chi connectivity index (χ4n) is 2.12. The van der Waals surface area contributed by atoms with Gasteiger partial charge in [-0.15, -0.1) is 0 Å². The van der Waals surface area contributed by atoms with Crippen LogP contribution in [0.5, 0.6) is 11.5 Å². The van der Waals surface area contributed by atoms with Crippen molar-refractivity contribution < 1.29 is 27.5 Å². The van der Waals surface area contributed by atoms with Crippen LogP contribution in [0.25, 0.3) is 0 Å². The summed E-state index contributed by atoms with van der Waals surface area (Å²) >= 11 is 0. The predicted molar refractivity (Wildman–Crippen MR) is 98.3 cm³/mol. The molecule has 0 aliphatic carbocycles. The van der Waals surface area contributed by atoms with Crippen LogP contribution in [0.15, 0.2) is 47.4 Å². The third-order valence-electron chi connectivity index (χ3n) is 3.48. The van der Waals surface area contributed by atoms with Gasteiger partial charge in [0, 0.05) is 18.8 Å². The van der Waals surface area contributed by atoms with Crippen molar-refractivity contribution in [3.63, 3.8) is 0 Å². The number of hydrogen-bond donors (Lipinski definition) is 3. The summed E-state index contributed by atoms with van der Waals surface area (Å²) in [6.45, 7) is -0.169. The molecular weight excluding hydrogens is 374 g/mol. The van der Waals surface area contributed by atoms with E-state index in [9.17, 15) is 18.0 Å². The predicted octanol–water partition coefficient (Wildman–Crippen LogP) is 0.720. The molecular formula is C17H19N3O6S. The van der Waals surface area contributed by atoms with Gasteiger partial charge in [0.15, 0.2) is 6.61 Å². The first kappa shape index (κ1) is 20.2. The lowest BCUT2D eigenvalue weighted by Gasteiger charge is -2.12. The van der Waals surface area contributed by atoms with Crippen molar-refractivity contribution >= 4 is 27.5 Å². The van der Waals surface area contributed by atoms with Crippen molar-refractivity contribution in [3.05, 3.63) is 48.0 Å². The van der Waals surface area contributed by atoms with Crippen LogP contribution in [0.2, 0.25) is 0 Å². The Hall–Kier alpha value is -3.11. The molecule has 0 aliphatic heterocycles. The highest BCUT2D eigenvalue weighted by atomic mass is 32.2. The average Bonchev–Trinajstić information content (AvgIpc) is 2.65. The summed E-state index contributed by atoms with van der Waals surface area (Å²) in [5.41, 5.74) is 0.387. The fourth-order valence-corrected chi connectivity index (χ4v) is 2.66. The largest absolute Gasteiger partial charge is 0.496 e. The third kappa shape index (κ3) is 5.43. The number of nitrogens with one attached hydrogen (secondary N) is 2. The van der Waals surface area contributed by atoms with Crippen molar-refractivity contribution in [3.8, 4) is 11.5 Å². The minimum absolute atomic E-state index is 0.000655. The van der Waals surface area contributed by atoms with Crippen LogP contribution in [0.3, 0.4) is 0 Å². The van der Waals surface area contributed by atoms with Crippen LogP contribution >= 0.6 is 0 Å². The Kier molecular flexibility index (Phi) is 6.37. The van der Waals surface area contributed by atoms with Gasteiger partial charge in [0.05, 0.1) is 17.6 Å². The first-order valence-corrected chi connectivity index (χ1v) is 9.25. The number of benzene rings is 2. The second kappa shape index (κ2) is 8.52. The highest BCUT2D eigenvalue weighted by molar-refractivity contribution is 7.89. The Morgan fingerprint density at radius 3 is 2.52 bits per heavy atom. The Morgan fingerprint density at radius 1 is 1.15 bits per heavy atom. The molecule has 0 saturated heterocycles. The standard InChI is InChI=1S/C17H19N3O6S/c1-19-16(21)10-26-12-5-3-4-11(8-12)20-17(22)14-9-13(27(18,23)24)6-7-15(14)25-2/h3-9H,10H2,1-2H3,(H,19,21)(H,20,22)(H2,18,23,24). The summed E-state index contributed by atoms with van der Waals surface area (Å²) in [5.74, 6) is -0.330. The maximum absolute atomic E-state index is 12.6. The first-order chi connectivity index (χ1) is 12.7. The maximum Gasteiger partial charge on any atom is 0.259 e. The quantitative estimate of drug-likeness (QED) is 0.634. The molecule has 144 valence electrons. The van der Waals surface area contributed by atoms with Gasteiger partial charge in [-0.05, 0) is 30.3 Å². The van der Waals surface area contributed by atoms with Crippen LogP contribution in [-0.4, -0.2) is 41.0 Å². The minimum atomic E-state index is -3.97. The van der Waals surface area contributed by atoms with Crippen molar-refractivity contribution in [2.75, 3.05) is 26.1 Å². The third-order valence-corrected chi connectivity index (χ3v) is 4.40. The van der Waals surface area contributed by atoms with E-state index < -0.39 is 15.9 Å². The molecule has 9 nitrogen and oxygen atoms in total. The van der Waals surface area contributed by atoms with E-state index in [4.69, 9.17) is 14.6 Å². The van der Waals surface area contributed by atoms with Gasteiger partial charge in [0.1, 0.15) is 11.5 Å². The Labute approximate surface area is 156 Å². The zero-order valence-corrected chi connectivity index (χ0v) is 15.5. The second-order valence-corrected chi connectivity index (χ2v) is 6.91. The normalized spacial score (nSPS) is 10.8. The van der Waals surface area contributed by atoms with E-state index in [1.54, 1.807) is 18.2 Å². The van der Waals surface area contributed by atoms with Crippen molar-refractivity contribution in [1.29, 1.82) is 0 Å². The molecule has 0 heterocycles. The molecule has 0 aromatic heterocycles. The lowest BCUT2D eigenvalue weighted by molar-refractivity contribution is -0.122. The van der Waals surface area contributed by atoms with E-state index in [1.807, 2.05) is 0 Å². The van der Waals surface area contributed by atoms with Crippen molar-refractivity contribution in [2.24, 2.45) is 5.14 Å². The number of rotatable bonds is 7. The van der Waals surface area contributed by atoms with Gasteiger partial charge in [0.2, 0.25) is 10.0 Å². The fraction of sp³-hybridized carbons (Fsp3) is 0.176. The van der Waals surface area contributed by atoms with Crippen LogP contribution in [0.1, 0.15) is 10.4 Å². The van der Waals surface area contributed by atoms with Gasteiger partial charge in [-0.1, -0.05) is 6.07 Å². The molecule has 0 bridgehead atoms. The number of carbonyl (C=O) groups excluding carboxylic acids is 2. The molecule has 0 unspecified atom stereocenters. The summed E-state index contributed by atoms with van der Waals surface area (Å²) in [6, 6.07) is 10.1. The number of ether oxygens (including phenoxy) is 2. The van der Waals surface area contributed by atoms with E-state index in [-0.39, 0.29) is 28.7 Å². The number of amides is 2. The number of anilines is 1. The smallest absolute Gasteiger partial charge is 0.259 e. The number of sulfonamides is 1. The monoisotopic (exact) mass is 393 g/mol. The molecule has 10 heteroatoms. The second-order valence-electron chi connectivity index (χ2n) is 5.35. The Balaban J connectivity index is 2.23. The number of likely N-dealkylation sites (N-methyl/N-ethyl adjacent to an activating group) is 1. The lowest BCUT2D eigenvalue weighted by atomic mass is 10.2. The van der Waals surface area contributed by atoms with Gasteiger partial charge in [-0.2, -0.15) is 0 Å². The molecule has 2 aromatic carbocycles. The molecule has 2 amide bonds. The molecule has 2 aromatic rings. The molecule has 4 N–H and O–H groups in total. The SMILES string of the molecule is CNC(=O)COc1cccc(NC(=O)c2cc(S(N)(=O)=O)ccc2OC)c1. The molecule has 0 atom stereocenters. The van der Waals surface area contributed by atoms with Crippen LogP contribution in [0.4, 0.5) is 5.69 Å². The van der Waals surface area contributed by atoms with Crippen molar-refractivity contribution in [2.45, 2.75) is 4.90 Å². The summed E-state index contributed by atoms with van der Waals surface area (Å²) < 4.78 is 33.5. The van der Waals surface area contributed by atoms with Crippen molar-refractivity contribution in [1.82, 2.24) is 5.32 Å². The summed E-state index contributed by atoms with van der Waals surface area (Å²) in [4.78, 5) is 23.6. The maximum atomic E-state index is 12.6. The van der Waals surface area contributed by atoms with E-state index in [0.29, 0.717) is 11.4 Å². The summed E-state index contributed by atoms with van der Waals surface area (Å²) in [7, 11) is -1.13. The van der Waals surface area contributed by atoms with E-state index in [1.165, 1.54) is 32.4 Å². The average molecular weight is 393 g/mol.